The highest BCUT2D eigenvalue weighted by atomic mass is 35.5. The van der Waals surface area contributed by atoms with Gasteiger partial charge in [0.2, 0.25) is 0 Å². The molecule has 0 bridgehead atoms. The van der Waals surface area contributed by atoms with Crippen molar-refractivity contribution in [3.05, 3.63) is 34.8 Å². The summed E-state index contributed by atoms with van der Waals surface area (Å²) < 4.78 is 1.74. The summed E-state index contributed by atoms with van der Waals surface area (Å²) in [5.41, 5.74) is 8.17. The molecule has 1 aliphatic rings. The molecular formula is C10H13ClN4. The molecule has 1 unspecified atom stereocenters. The molecule has 0 saturated carbocycles. The Balaban J connectivity index is 2.41. The molecule has 0 radical (unpaired) electrons. The van der Waals surface area contributed by atoms with Crippen LogP contribution in [0.2, 0.25) is 0 Å². The van der Waals surface area contributed by atoms with Crippen molar-refractivity contribution in [2.24, 2.45) is 12.8 Å². The zero-order valence-corrected chi connectivity index (χ0v) is 9.42. The van der Waals surface area contributed by atoms with Gasteiger partial charge in [-0.2, -0.15) is 5.10 Å². The van der Waals surface area contributed by atoms with Crippen molar-refractivity contribution >= 4 is 17.3 Å². The number of nitrogens with zero attached hydrogens (tertiary/aromatic N) is 2. The van der Waals surface area contributed by atoms with Gasteiger partial charge in [-0.15, -0.1) is 0 Å². The Labute approximate surface area is 93.4 Å². The number of hydrogen-bond acceptors (Lipinski definition) is 3. The quantitative estimate of drug-likeness (QED) is 0.753. The fraction of sp³-hybridized carbons (Fsp3) is 0.300. The Morgan fingerprint density at radius 3 is 2.93 bits per heavy atom. The molecule has 0 saturated heterocycles. The fourth-order valence-electron chi connectivity index (χ4n) is 1.46. The molecule has 5 heteroatoms. The van der Waals surface area contributed by atoms with Crippen LogP contribution in [0.25, 0.3) is 5.70 Å². The van der Waals surface area contributed by atoms with Gasteiger partial charge in [-0.25, -0.2) is 0 Å². The average molecular weight is 225 g/mol. The van der Waals surface area contributed by atoms with E-state index in [-0.39, 0.29) is 6.04 Å². The van der Waals surface area contributed by atoms with E-state index < -0.39 is 0 Å². The van der Waals surface area contributed by atoms with Gasteiger partial charge in [-0.1, -0.05) is 11.6 Å². The molecule has 1 aromatic heterocycles. The van der Waals surface area contributed by atoms with Crippen LogP contribution in [0.1, 0.15) is 12.6 Å². The summed E-state index contributed by atoms with van der Waals surface area (Å²) in [4.78, 5) is 0. The number of nitrogens with one attached hydrogen (secondary N) is 1. The Morgan fingerprint density at radius 1 is 1.60 bits per heavy atom. The first-order valence-electron chi connectivity index (χ1n) is 4.71. The molecule has 0 spiro atoms. The van der Waals surface area contributed by atoms with E-state index in [1.807, 2.05) is 26.2 Å². The SMILES string of the molecule is CC1NC(c2ccn(C)n2)=C(Cl)C=C1N. The predicted molar refractivity (Wildman–Crippen MR) is 60.8 cm³/mol. The first-order valence-corrected chi connectivity index (χ1v) is 5.09. The molecule has 2 heterocycles. The van der Waals surface area contributed by atoms with Gasteiger partial charge in [0.05, 0.1) is 16.8 Å². The molecule has 0 fully saturated rings. The Hall–Kier alpha value is -1.42. The van der Waals surface area contributed by atoms with Gasteiger partial charge in [0, 0.05) is 18.9 Å². The van der Waals surface area contributed by atoms with Crippen molar-refractivity contribution in [3.63, 3.8) is 0 Å². The minimum atomic E-state index is 0.0875. The summed E-state index contributed by atoms with van der Waals surface area (Å²) in [7, 11) is 1.87. The van der Waals surface area contributed by atoms with E-state index in [9.17, 15) is 0 Å². The number of dihydropyridines is 1. The van der Waals surface area contributed by atoms with Crippen LogP contribution in [0.4, 0.5) is 0 Å². The summed E-state index contributed by atoms with van der Waals surface area (Å²) in [6.07, 6.45) is 3.65. The highest BCUT2D eigenvalue weighted by molar-refractivity contribution is 6.34. The van der Waals surface area contributed by atoms with Crippen LogP contribution in [-0.2, 0) is 7.05 Å². The van der Waals surface area contributed by atoms with E-state index in [4.69, 9.17) is 17.3 Å². The molecule has 15 heavy (non-hydrogen) atoms. The van der Waals surface area contributed by atoms with E-state index in [1.54, 1.807) is 10.8 Å². The lowest BCUT2D eigenvalue weighted by Crippen LogP contribution is -2.33. The molecule has 0 aliphatic carbocycles. The van der Waals surface area contributed by atoms with Crippen LogP contribution in [0.3, 0.4) is 0 Å². The Bertz CT molecular complexity index is 444. The van der Waals surface area contributed by atoms with Crippen molar-refractivity contribution in [2.45, 2.75) is 13.0 Å². The van der Waals surface area contributed by atoms with Crippen LogP contribution < -0.4 is 11.1 Å². The van der Waals surface area contributed by atoms with E-state index in [1.165, 1.54) is 0 Å². The largest absolute Gasteiger partial charge is 0.400 e. The Kier molecular flexibility index (Phi) is 2.44. The van der Waals surface area contributed by atoms with Crippen molar-refractivity contribution in [1.82, 2.24) is 15.1 Å². The Morgan fingerprint density at radius 2 is 2.33 bits per heavy atom. The summed E-state index contributed by atoms with van der Waals surface area (Å²) in [6, 6.07) is 2.00. The highest BCUT2D eigenvalue weighted by Gasteiger charge is 2.18. The van der Waals surface area contributed by atoms with Crippen molar-refractivity contribution < 1.29 is 0 Å². The lowest BCUT2D eigenvalue weighted by Gasteiger charge is -2.22. The van der Waals surface area contributed by atoms with E-state index in [0.717, 1.165) is 17.1 Å². The van der Waals surface area contributed by atoms with Crippen LogP contribution in [0, 0.1) is 0 Å². The smallest absolute Gasteiger partial charge is 0.110 e. The maximum Gasteiger partial charge on any atom is 0.110 e. The maximum absolute atomic E-state index is 6.10. The third-order valence-electron chi connectivity index (χ3n) is 2.36. The third-order valence-corrected chi connectivity index (χ3v) is 2.66. The standard InChI is InChI=1S/C10H13ClN4/c1-6-8(12)5-7(11)10(13-6)9-3-4-15(2)14-9/h3-6,13H,12H2,1-2H3. The van der Waals surface area contributed by atoms with Crippen LogP contribution >= 0.6 is 11.6 Å². The van der Waals surface area contributed by atoms with Crippen LogP contribution in [-0.4, -0.2) is 15.8 Å². The van der Waals surface area contributed by atoms with Gasteiger partial charge >= 0.3 is 0 Å². The molecule has 1 atom stereocenters. The maximum atomic E-state index is 6.10. The normalized spacial score (nSPS) is 21.3. The molecule has 1 aliphatic heterocycles. The lowest BCUT2D eigenvalue weighted by molar-refractivity contribution is 0.710. The van der Waals surface area contributed by atoms with E-state index in [2.05, 4.69) is 10.4 Å². The van der Waals surface area contributed by atoms with Gasteiger partial charge in [0.15, 0.2) is 0 Å². The summed E-state index contributed by atoms with van der Waals surface area (Å²) in [6.45, 7) is 1.98. The molecule has 2 rings (SSSR count). The highest BCUT2D eigenvalue weighted by Crippen LogP contribution is 2.24. The van der Waals surface area contributed by atoms with Crippen molar-refractivity contribution in [1.29, 1.82) is 0 Å². The predicted octanol–water partition coefficient (Wildman–Crippen LogP) is 1.16. The monoisotopic (exact) mass is 224 g/mol. The fourth-order valence-corrected chi connectivity index (χ4v) is 1.73. The lowest BCUT2D eigenvalue weighted by atomic mass is 10.1. The molecular weight excluding hydrogens is 212 g/mol. The number of nitrogens with two attached hydrogens (primary N) is 1. The third kappa shape index (κ3) is 1.85. The second-order valence-electron chi connectivity index (χ2n) is 3.61. The number of halogens is 1. The van der Waals surface area contributed by atoms with Crippen LogP contribution in [0.5, 0.6) is 0 Å². The first-order chi connectivity index (χ1) is 7.08. The first kappa shape index (κ1) is 10.1. The van der Waals surface area contributed by atoms with Gasteiger partial charge in [-0.05, 0) is 19.1 Å². The summed E-state index contributed by atoms with van der Waals surface area (Å²) in [5.74, 6) is 0. The van der Waals surface area contributed by atoms with Gasteiger partial charge < -0.3 is 11.1 Å². The number of aromatic nitrogens is 2. The van der Waals surface area contributed by atoms with Gasteiger partial charge in [0.1, 0.15) is 5.69 Å². The number of rotatable bonds is 1. The number of aryl methyl sites for hydroxylation is 1. The topological polar surface area (TPSA) is 55.9 Å². The second-order valence-corrected chi connectivity index (χ2v) is 4.02. The average Bonchev–Trinajstić information content (AvgIpc) is 2.58. The van der Waals surface area contributed by atoms with Crippen molar-refractivity contribution in [3.8, 4) is 0 Å². The molecule has 80 valence electrons. The van der Waals surface area contributed by atoms with Gasteiger partial charge in [0.25, 0.3) is 0 Å². The minimum Gasteiger partial charge on any atom is -0.400 e. The van der Waals surface area contributed by atoms with Crippen molar-refractivity contribution in [2.75, 3.05) is 0 Å². The number of allylic oxidation sites excluding steroid dienone is 2. The molecule has 0 amide bonds. The zero-order valence-electron chi connectivity index (χ0n) is 8.66. The summed E-state index contributed by atoms with van der Waals surface area (Å²) >= 11 is 6.10. The zero-order chi connectivity index (χ0) is 11.0. The minimum absolute atomic E-state index is 0.0875. The molecule has 1 aromatic rings. The molecule has 3 N–H and O–H groups in total. The van der Waals surface area contributed by atoms with E-state index >= 15 is 0 Å². The number of hydrogen-bond donors (Lipinski definition) is 2. The summed E-state index contributed by atoms with van der Waals surface area (Å²) in [5, 5.41) is 8.11. The molecule has 4 nitrogen and oxygen atoms in total. The van der Waals surface area contributed by atoms with E-state index in [0.29, 0.717) is 5.03 Å². The van der Waals surface area contributed by atoms with Crippen LogP contribution in [0.15, 0.2) is 29.1 Å². The molecule has 0 aromatic carbocycles. The second kappa shape index (κ2) is 3.62. The van der Waals surface area contributed by atoms with Gasteiger partial charge in [-0.3, -0.25) is 4.68 Å².